The number of carboxylic acids is 1. The smallest absolute Gasteiger partial charge is 0.320 e. The van der Waals surface area contributed by atoms with Gasteiger partial charge in [0.1, 0.15) is 0 Å². The number of amides is 2. The second kappa shape index (κ2) is 5.99. The summed E-state index contributed by atoms with van der Waals surface area (Å²) in [6.07, 6.45) is 2.13. The summed E-state index contributed by atoms with van der Waals surface area (Å²) in [4.78, 5) is 29.8. The topological polar surface area (TPSA) is 64.1 Å². The van der Waals surface area contributed by atoms with Crippen LogP contribution in [-0.4, -0.2) is 78.1 Å². The van der Waals surface area contributed by atoms with Crippen LogP contribution in [0.3, 0.4) is 0 Å². The molecule has 2 amide bonds. The number of hydrogen-bond acceptors (Lipinski definition) is 3. The van der Waals surface area contributed by atoms with Gasteiger partial charge in [-0.3, -0.25) is 4.79 Å². The SMILES string of the molecule is CCC1(C(=O)O)CCN(C(=O)N2CCCN(C)CC2)C1. The number of carbonyl (C=O) groups is 2. The van der Waals surface area contributed by atoms with E-state index >= 15 is 0 Å². The van der Waals surface area contributed by atoms with Crippen LogP contribution in [-0.2, 0) is 4.79 Å². The fraction of sp³-hybridized carbons (Fsp3) is 0.857. The van der Waals surface area contributed by atoms with Gasteiger partial charge in [0.15, 0.2) is 0 Å². The average Bonchev–Trinajstić information content (AvgIpc) is 2.76. The Bertz CT molecular complexity index is 388. The number of aliphatic carboxylic acids is 1. The highest BCUT2D eigenvalue weighted by Crippen LogP contribution is 2.34. The van der Waals surface area contributed by atoms with Crippen LogP contribution in [0, 0.1) is 5.41 Å². The molecule has 2 aliphatic rings. The van der Waals surface area contributed by atoms with Gasteiger partial charge in [0.2, 0.25) is 0 Å². The summed E-state index contributed by atoms with van der Waals surface area (Å²) in [6, 6.07) is 0.0110. The molecule has 1 atom stereocenters. The lowest BCUT2D eigenvalue weighted by molar-refractivity contribution is -0.148. The van der Waals surface area contributed by atoms with E-state index in [9.17, 15) is 14.7 Å². The summed E-state index contributed by atoms with van der Waals surface area (Å²) < 4.78 is 0. The molecular weight excluding hydrogens is 258 g/mol. The molecule has 1 unspecified atom stereocenters. The van der Waals surface area contributed by atoms with Crippen molar-refractivity contribution in [3.05, 3.63) is 0 Å². The molecule has 2 saturated heterocycles. The molecule has 6 heteroatoms. The molecule has 2 fully saturated rings. The zero-order valence-electron chi connectivity index (χ0n) is 12.5. The summed E-state index contributed by atoms with van der Waals surface area (Å²) in [5, 5.41) is 9.40. The van der Waals surface area contributed by atoms with Gasteiger partial charge in [0, 0.05) is 32.7 Å². The average molecular weight is 283 g/mol. The zero-order chi connectivity index (χ0) is 14.8. The third-order valence-corrected chi connectivity index (χ3v) is 4.74. The minimum absolute atomic E-state index is 0.0110. The van der Waals surface area contributed by atoms with Crippen LogP contribution in [0.1, 0.15) is 26.2 Å². The third kappa shape index (κ3) is 2.90. The first-order chi connectivity index (χ1) is 9.48. The van der Waals surface area contributed by atoms with Gasteiger partial charge < -0.3 is 19.8 Å². The Balaban J connectivity index is 1.98. The first kappa shape index (κ1) is 15.1. The Labute approximate surface area is 120 Å². The quantitative estimate of drug-likeness (QED) is 0.819. The highest BCUT2D eigenvalue weighted by Gasteiger charge is 2.45. The van der Waals surface area contributed by atoms with Gasteiger partial charge in [-0.15, -0.1) is 0 Å². The van der Waals surface area contributed by atoms with Crippen molar-refractivity contribution in [1.29, 1.82) is 0 Å². The van der Waals surface area contributed by atoms with E-state index in [2.05, 4.69) is 11.9 Å². The second-order valence-corrected chi connectivity index (χ2v) is 6.04. The maximum atomic E-state index is 12.5. The van der Waals surface area contributed by atoms with Crippen molar-refractivity contribution < 1.29 is 14.7 Å². The molecule has 114 valence electrons. The molecule has 0 bridgehead atoms. The maximum Gasteiger partial charge on any atom is 0.320 e. The van der Waals surface area contributed by atoms with Gasteiger partial charge >= 0.3 is 12.0 Å². The van der Waals surface area contributed by atoms with E-state index in [0.717, 1.165) is 32.6 Å². The molecule has 2 aliphatic heterocycles. The van der Waals surface area contributed by atoms with E-state index in [1.807, 2.05) is 11.8 Å². The van der Waals surface area contributed by atoms with Crippen LogP contribution in [0.25, 0.3) is 0 Å². The number of carboxylic acid groups (broad SMARTS) is 1. The molecule has 0 radical (unpaired) electrons. The van der Waals surface area contributed by atoms with Crippen molar-refractivity contribution in [3.8, 4) is 0 Å². The van der Waals surface area contributed by atoms with Crippen LogP contribution in [0.5, 0.6) is 0 Å². The predicted octanol–water partition coefficient (Wildman–Crippen LogP) is 0.931. The van der Waals surface area contributed by atoms with E-state index in [0.29, 0.717) is 25.9 Å². The van der Waals surface area contributed by atoms with Gasteiger partial charge in [0.05, 0.1) is 5.41 Å². The Kier molecular flexibility index (Phi) is 4.52. The van der Waals surface area contributed by atoms with Crippen molar-refractivity contribution >= 4 is 12.0 Å². The Morgan fingerprint density at radius 3 is 2.45 bits per heavy atom. The fourth-order valence-electron chi connectivity index (χ4n) is 3.09. The standard InChI is InChI=1S/C14H25N3O3/c1-3-14(12(18)19)5-8-17(11-14)13(20)16-7-4-6-15(2)9-10-16/h3-11H2,1-2H3,(H,18,19). The van der Waals surface area contributed by atoms with Crippen LogP contribution in [0.4, 0.5) is 4.79 Å². The molecule has 0 aromatic carbocycles. The van der Waals surface area contributed by atoms with Crippen LogP contribution in [0.15, 0.2) is 0 Å². The summed E-state index contributed by atoms with van der Waals surface area (Å²) in [5.41, 5.74) is -0.738. The molecular formula is C14H25N3O3. The highest BCUT2D eigenvalue weighted by atomic mass is 16.4. The van der Waals surface area contributed by atoms with E-state index in [1.54, 1.807) is 4.90 Å². The number of hydrogen-bond donors (Lipinski definition) is 1. The molecule has 2 rings (SSSR count). The maximum absolute atomic E-state index is 12.5. The largest absolute Gasteiger partial charge is 0.481 e. The minimum atomic E-state index is -0.772. The molecule has 6 nitrogen and oxygen atoms in total. The Morgan fingerprint density at radius 1 is 1.10 bits per heavy atom. The molecule has 0 saturated carbocycles. The van der Waals surface area contributed by atoms with E-state index in [-0.39, 0.29) is 6.03 Å². The van der Waals surface area contributed by atoms with E-state index in [1.165, 1.54) is 0 Å². The predicted molar refractivity (Wildman–Crippen MR) is 75.6 cm³/mol. The second-order valence-electron chi connectivity index (χ2n) is 6.04. The molecule has 0 aliphatic carbocycles. The number of carbonyl (C=O) groups excluding carboxylic acids is 1. The molecule has 1 N–H and O–H groups in total. The first-order valence-electron chi connectivity index (χ1n) is 7.44. The summed E-state index contributed by atoms with van der Waals surface area (Å²) in [7, 11) is 2.07. The van der Waals surface area contributed by atoms with Crippen molar-refractivity contribution in [2.45, 2.75) is 26.2 Å². The lowest BCUT2D eigenvalue weighted by atomic mass is 9.84. The fourth-order valence-corrected chi connectivity index (χ4v) is 3.09. The molecule has 0 aromatic heterocycles. The number of rotatable bonds is 2. The number of urea groups is 1. The molecule has 0 spiro atoms. The van der Waals surface area contributed by atoms with Crippen LogP contribution >= 0.6 is 0 Å². The molecule has 2 heterocycles. The summed E-state index contributed by atoms with van der Waals surface area (Å²) in [6.45, 7) is 6.21. The first-order valence-corrected chi connectivity index (χ1v) is 7.44. The molecule has 0 aromatic rings. The Hall–Kier alpha value is -1.30. The highest BCUT2D eigenvalue weighted by molar-refractivity contribution is 5.79. The van der Waals surface area contributed by atoms with Crippen molar-refractivity contribution in [3.63, 3.8) is 0 Å². The zero-order valence-corrected chi connectivity index (χ0v) is 12.5. The Morgan fingerprint density at radius 2 is 1.85 bits per heavy atom. The van der Waals surface area contributed by atoms with Crippen LogP contribution in [0.2, 0.25) is 0 Å². The molecule has 20 heavy (non-hydrogen) atoms. The van der Waals surface area contributed by atoms with Gasteiger partial charge in [-0.2, -0.15) is 0 Å². The van der Waals surface area contributed by atoms with Gasteiger partial charge in [-0.05, 0) is 32.9 Å². The van der Waals surface area contributed by atoms with Gasteiger partial charge in [0.25, 0.3) is 0 Å². The third-order valence-electron chi connectivity index (χ3n) is 4.74. The van der Waals surface area contributed by atoms with E-state index < -0.39 is 11.4 Å². The van der Waals surface area contributed by atoms with Crippen LogP contribution < -0.4 is 0 Å². The summed E-state index contributed by atoms with van der Waals surface area (Å²) >= 11 is 0. The number of likely N-dealkylation sites (tertiary alicyclic amines) is 1. The normalized spacial score (nSPS) is 28.5. The van der Waals surface area contributed by atoms with E-state index in [4.69, 9.17) is 0 Å². The van der Waals surface area contributed by atoms with Crippen molar-refractivity contribution in [2.75, 3.05) is 46.3 Å². The van der Waals surface area contributed by atoms with Crippen molar-refractivity contribution in [1.82, 2.24) is 14.7 Å². The number of nitrogens with zero attached hydrogens (tertiary/aromatic N) is 3. The number of likely N-dealkylation sites (N-methyl/N-ethyl adjacent to an activating group) is 1. The minimum Gasteiger partial charge on any atom is -0.481 e. The lowest BCUT2D eigenvalue weighted by Crippen LogP contribution is -2.45. The monoisotopic (exact) mass is 283 g/mol. The van der Waals surface area contributed by atoms with Crippen molar-refractivity contribution in [2.24, 2.45) is 5.41 Å². The van der Waals surface area contributed by atoms with Gasteiger partial charge in [-0.25, -0.2) is 4.79 Å². The summed E-state index contributed by atoms with van der Waals surface area (Å²) in [5.74, 6) is -0.772. The lowest BCUT2D eigenvalue weighted by Gasteiger charge is -2.28. The van der Waals surface area contributed by atoms with Gasteiger partial charge in [-0.1, -0.05) is 6.92 Å².